The number of hydrogen-bond acceptors (Lipinski definition) is 6. The first kappa shape index (κ1) is 43.9. The van der Waals surface area contributed by atoms with Crippen molar-refractivity contribution in [3.05, 3.63) is 0 Å². The molecule has 4 aliphatic rings. The van der Waals surface area contributed by atoms with Crippen LogP contribution in [0.5, 0.6) is 0 Å². The fraction of sp³-hybridized carbons (Fsp3) is 0.976. The second-order valence-corrected chi connectivity index (χ2v) is 40.4. The molecule has 0 amide bonds. The van der Waals surface area contributed by atoms with E-state index in [1.807, 2.05) is 0 Å². The zero-order valence-corrected chi connectivity index (χ0v) is 40.6. The molecule has 0 aromatic carbocycles. The van der Waals surface area contributed by atoms with Crippen LogP contribution in [0.15, 0.2) is 0 Å². The highest BCUT2D eigenvalue weighted by Gasteiger charge is 2.72. The third kappa shape index (κ3) is 9.59. The van der Waals surface area contributed by atoms with Crippen molar-refractivity contribution in [1.82, 2.24) is 0 Å². The molecule has 0 heterocycles. The van der Waals surface area contributed by atoms with Crippen molar-refractivity contribution < 1.29 is 27.2 Å². The van der Waals surface area contributed by atoms with Crippen molar-refractivity contribution in [2.45, 2.75) is 195 Å². The van der Waals surface area contributed by atoms with Crippen LogP contribution in [0.3, 0.4) is 0 Å². The highest BCUT2D eigenvalue weighted by molar-refractivity contribution is 6.70. The molecule has 4 rings (SSSR count). The molecule has 4 saturated carbocycles. The van der Waals surface area contributed by atoms with Crippen LogP contribution in [0.2, 0.25) is 78.6 Å². The van der Waals surface area contributed by atoms with Gasteiger partial charge in [0.1, 0.15) is 0 Å². The maximum atomic E-state index is 14.5. The van der Waals surface area contributed by atoms with E-state index in [0.29, 0.717) is 41.6 Å². The number of methoxy groups -OCH3 is 1. The Morgan fingerprint density at radius 1 is 0.725 bits per heavy atom. The Morgan fingerprint density at radius 3 is 1.82 bits per heavy atom. The Bertz CT molecular complexity index is 1200. The Hall–Kier alpha value is 0.178. The summed E-state index contributed by atoms with van der Waals surface area (Å²) in [6.45, 7) is 40.4. The van der Waals surface area contributed by atoms with E-state index < -0.39 is 38.7 Å². The molecular formula is C41H82O6Si4. The average molecular weight is 783 g/mol. The van der Waals surface area contributed by atoms with Gasteiger partial charge < -0.3 is 22.4 Å². The molecule has 1 unspecified atom stereocenters. The van der Waals surface area contributed by atoms with Crippen LogP contribution in [0.4, 0.5) is 0 Å². The van der Waals surface area contributed by atoms with Gasteiger partial charge in [-0.1, -0.05) is 34.6 Å². The van der Waals surface area contributed by atoms with Crippen molar-refractivity contribution in [2.75, 3.05) is 7.11 Å². The molecule has 0 aromatic rings. The molecule has 0 saturated heterocycles. The van der Waals surface area contributed by atoms with Gasteiger partial charge in [-0.3, -0.25) is 4.79 Å². The third-order valence-electron chi connectivity index (χ3n) is 13.6. The highest BCUT2D eigenvalue weighted by Crippen LogP contribution is 2.73. The van der Waals surface area contributed by atoms with Gasteiger partial charge in [-0.2, -0.15) is 0 Å². The van der Waals surface area contributed by atoms with E-state index in [9.17, 15) is 4.79 Å². The van der Waals surface area contributed by atoms with Gasteiger partial charge >= 0.3 is 5.97 Å². The van der Waals surface area contributed by atoms with Crippen LogP contribution in [0, 0.1) is 51.8 Å². The summed E-state index contributed by atoms with van der Waals surface area (Å²) in [7, 11) is -5.78. The first-order valence-corrected chi connectivity index (χ1v) is 34.5. The third-order valence-corrected chi connectivity index (χ3v) is 17.7. The molecule has 0 N–H and O–H groups in total. The molecular weight excluding hydrogens is 701 g/mol. The predicted octanol–water partition coefficient (Wildman–Crippen LogP) is 11.4. The second kappa shape index (κ2) is 15.3. The largest absolute Gasteiger partial charge is 0.469 e. The first-order valence-electron chi connectivity index (χ1n) is 20.8. The molecule has 4 aliphatic carbocycles. The monoisotopic (exact) mass is 783 g/mol. The number of carbonyl (C=O) groups is 1. The lowest BCUT2D eigenvalue weighted by molar-refractivity contribution is -0.238. The van der Waals surface area contributed by atoms with Crippen molar-refractivity contribution >= 4 is 39.2 Å². The van der Waals surface area contributed by atoms with Crippen LogP contribution < -0.4 is 0 Å². The minimum absolute atomic E-state index is 0.0367. The van der Waals surface area contributed by atoms with E-state index in [1.54, 1.807) is 7.11 Å². The molecule has 4 fully saturated rings. The highest BCUT2D eigenvalue weighted by atomic mass is 28.4. The minimum atomic E-state index is -1.97. The van der Waals surface area contributed by atoms with Crippen molar-refractivity contribution in [2.24, 2.45) is 51.8 Å². The predicted molar refractivity (Wildman–Crippen MR) is 223 cm³/mol. The van der Waals surface area contributed by atoms with Gasteiger partial charge in [0.05, 0.1) is 18.6 Å². The zero-order chi connectivity index (χ0) is 38.8. The van der Waals surface area contributed by atoms with Gasteiger partial charge in [0, 0.05) is 18.3 Å². The molecule has 6 nitrogen and oxygen atoms in total. The van der Waals surface area contributed by atoms with Gasteiger partial charge in [-0.05, 0) is 183 Å². The van der Waals surface area contributed by atoms with Crippen molar-refractivity contribution in [3.63, 3.8) is 0 Å². The smallest absolute Gasteiger partial charge is 0.312 e. The number of carbonyl (C=O) groups excluding carboxylic acids is 1. The van der Waals surface area contributed by atoms with Crippen molar-refractivity contribution in [1.29, 1.82) is 0 Å². The summed E-state index contributed by atoms with van der Waals surface area (Å²) in [4.78, 5) is 14.5. The molecule has 51 heavy (non-hydrogen) atoms. The Balaban J connectivity index is 1.83. The van der Waals surface area contributed by atoms with Gasteiger partial charge in [0.2, 0.25) is 0 Å². The fourth-order valence-corrected chi connectivity index (χ4v) is 17.0. The van der Waals surface area contributed by atoms with Crippen molar-refractivity contribution in [3.8, 4) is 0 Å². The lowest BCUT2D eigenvalue weighted by Gasteiger charge is -2.68. The molecule has 0 radical (unpaired) electrons. The van der Waals surface area contributed by atoms with E-state index in [4.69, 9.17) is 22.4 Å². The lowest BCUT2D eigenvalue weighted by Crippen LogP contribution is -2.69. The fourth-order valence-electron chi connectivity index (χ4n) is 12.3. The summed E-state index contributed by atoms with van der Waals surface area (Å²) in [6.07, 6.45) is 9.82. The van der Waals surface area contributed by atoms with Crippen LogP contribution in [-0.2, 0) is 27.2 Å². The van der Waals surface area contributed by atoms with Gasteiger partial charge in [0.15, 0.2) is 33.3 Å². The molecule has 0 aliphatic heterocycles. The second-order valence-electron chi connectivity index (χ2n) is 22.5. The van der Waals surface area contributed by atoms with Crippen LogP contribution >= 0.6 is 0 Å². The summed E-state index contributed by atoms with van der Waals surface area (Å²) >= 11 is 0. The quantitative estimate of drug-likeness (QED) is 0.129. The van der Waals surface area contributed by atoms with E-state index in [0.717, 1.165) is 44.9 Å². The maximum Gasteiger partial charge on any atom is 0.312 e. The number of fused-ring (bicyclic) bond motifs is 5. The lowest BCUT2D eigenvalue weighted by atomic mass is 9.38. The maximum absolute atomic E-state index is 14.5. The minimum Gasteiger partial charge on any atom is -0.469 e. The SMILES string of the molecule is COC(=O)[C@@]12C[C@H](O[Si](C)(C)C)CC[C@]1(C)[C@H]1C[C@H](O[Si](C)(C)C)[C@]3(C)[C@@H]([C@H](C)CC(CC(C)C)O[Si](C)(C)C)CC[C@H]3[C@@H]1[C@H](O[Si](C)(C)C)C2. The topological polar surface area (TPSA) is 63.2 Å². The summed E-state index contributed by atoms with van der Waals surface area (Å²) in [5.41, 5.74) is -0.789. The standard InChI is InChI=1S/C41H82O6Si4/c1-28(2)23-31(45-49(10,11)12)24-29(3)32-19-20-33-37-34(25-36(40(32,33)5)47-51(16,17)18)39(4)22-21-30(44-48(7,8)9)26-41(39,38(42)43-6)27-35(37)46-50(13,14)15/h28-37H,19-27H2,1-18H3/t29-,30-,31?,32-,33+,34+,35-,36+,37+,39-,40-,41+/m1/s1. The molecule has 0 aromatic heterocycles. The van der Waals surface area contributed by atoms with Gasteiger partial charge in [0.25, 0.3) is 0 Å². The summed E-state index contributed by atoms with van der Waals surface area (Å²) in [6, 6.07) is 0. The van der Waals surface area contributed by atoms with Gasteiger partial charge in [-0.25, -0.2) is 0 Å². The van der Waals surface area contributed by atoms with Crippen LogP contribution in [-0.4, -0.2) is 70.8 Å². The molecule has 298 valence electrons. The number of rotatable bonds is 14. The zero-order valence-electron chi connectivity index (χ0n) is 36.6. The van der Waals surface area contributed by atoms with E-state index >= 15 is 0 Å². The Labute approximate surface area is 319 Å². The Kier molecular flexibility index (Phi) is 13.1. The number of ether oxygens (including phenoxy) is 1. The van der Waals surface area contributed by atoms with E-state index in [1.165, 1.54) is 12.8 Å². The number of esters is 1. The van der Waals surface area contributed by atoms with E-state index in [-0.39, 0.29) is 35.1 Å². The Morgan fingerprint density at radius 2 is 1.31 bits per heavy atom. The first-order chi connectivity index (χ1) is 23.1. The van der Waals surface area contributed by atoms with Gasteiger partial charge in [-0.15, -0.1) is 0 Å². The van der Waals surface area contributed by atoms with Crippen LogP contribution in [0.25, 0.3) is 0 Å². The molecule has 12 atom stereocenters. The van der Waals surface area contributed by atoms with E-state index in [2.05, 4.69) is 113 Å². The average Bonchev–Trinajstić information content (AvgIpc) is 3.28. The molecule has 10 heteroatoms. The molecule has 0 spiro atoms. The normalized spacial score (nSPS) is 38.8. The summed E-state index contributed by atoms with van der Waals surface area (Å²) in [5.74, 6) is 2.92. The number of hydrogen-bond donors (Lipinski definition) is 0. The molecule has 0 bridgehead atoms. The summed E-state index contributed by atoms with van der Waals surface area (Å²) in [5, 5.41) is 0. The van der Waals surface area contributed by atoms with Crippen LogP contribution in [0.1, 0.15) is 92.4 Å². The summed E-state index contributed by atoms with van der Waals surface area (Å²) < 4.78 is 34.5.